The van der Waals surface area contributed by atoms with Gasteiger partial charge in [-0.05, 0) is 24.3 Å². The van der Waals surface area contributed by atoms with E-state index in [4.69, 9.17) is 0 Å². The largest absolute Gasteiger partial charge is 0.319 e. The fraction of sp³-hybridized carbons (Fsp3) is 0. The van der Waals surface area contributed by atoms with E-state index in [1.807, 2.05) is 36.4 Å². The highest BCUT2D eigenvalue weighted by Gasteiger charge is 2.25. The van der Waals surface area contributed by atoms with Crippen molar-refractivity contribution in [2.45, 2.75) is 0 Å². The number of nitrogens with zero attached hydrogens (tertiary/aromatic N) is 5. The van der Waals surface area contributed by atoms with Crippen molar-refractivity contribution in [3.8, 4) is 23.0 Å². The molecule has 2 heterocycles. The van der Waals surface area contributed by atoms with Gasteiger partial charge < -0.3 is 5.32 Å². The van der Waals surface area contributed by atoms with E-state index in [0.717, 1.165) is 4.40 Å². The molecule has 1 amide bonds. The van der Waals surface area contributed by atoms with Crippen LogP contribution >= 0.6 is 0 Å². The van der Waals surface area contributed by atoms with Crippen molar-refractivity contribution in [1.82, 2.24) is 19.2 Å². The number of benzene rings is 3. The van der Waals surface area contributed by atoms with Gasteiger partial charge in [0.05, 0.1) is 11.4 Å². The van der Waals surface area contributed by atoms with Crippen LogP contribution < -0.4 is 10.9 Å². The Hall–Kier alpha value is -5.03. The molecule has 0 unspecified atom stereocenters. The second-order valence-corrected chi connectivity index (χ2v) is 7.14. The highest BCUT2D eigenvalue weighted by molar-refractivity contribution is 6.02. The molecule has 0 spiro atoms. The second kappa shape index (κ2) is 8.24. The molecule has 0 saturated heterocycles. The zero-order valence-corrected chi connectivity index (χ0v) is 17.2. The van der Waals surface area contributed by atoms with Crippen LogP contribution in [0.3, 0.4) is 0 Å². The molecule has 5 aromatic rings. The number of hydrogen-bond donors (Lipinski definition) is 1. The Balaban J connectivity index is 1.79. The number of carbonyl (C=O) groups excluding carboxylic acids is 1. The fourth-order valence-corrected chi connectivity index (χ4v) is 3.53. The lowest BCUT2D eigenvalue weighted by Gasteiger charge is -2.07. The molecular formula is C25H16N6O2. The highest BCUT2D eigenvalue weighted by atomic mass is 16.2. The van der Waals surface area contributed by atoms with E-state index in [0.29, 0.717) is 16.9 Å². The normalized spacial score (nSPS) is 10.6. The quantitative estimate of drug-likeness (QED) is 0.467. The van der Waals surface area contributed by atoms with Crippen LogP contribution in [0, 0.1) is 11.3 Å². The van der Waals surface area contributed by atoms with E-state index in [2.05, 4.69) is 15.4 Å². The molecular weight excluding hydrogens is 416 g/mol. The Labute approximate surface area is 188 Å². The minimum atomic E-state index is -0.665. The van der Waals surface area contributed by atoms with Crippen LogP contribution in [0.25, 0.3) is 22.7 Å². The zero-order valence-electron chi connectivity index (χ0n) is 17.2. The maximum absolute atomic E-state index is 13.4. The number of nitriles is 1. The predicted octanol–water partition coefficient (Wildman–Crippen LogP) is 3.67. The zero-order chi connectivity index (χ0) is 22.8. The van der Waals surface area contributed by atoms with Gasteiger partial charge in [-0.3, -0.25) is 9.59 Å². The molecule has 0 atom stereocenters. The summed E-state index contributed by atoms with van der Waals surface area (Å²) in [6.45, 7) is 0. The maximum atomic E-state index is 13.4. The number of hydrogen-bond acceptors (Lipinski definition) is 5. The molecule has 158 valence electrons. The molecule has 0 aliphatic rings. The number of nitrogens with one attached hydrogen (secondary N) is 1. The first-order valence-electron chi connectivity index (χ1n) is 10.1. The molecule has 1 N–H and O–H groups in total. The average molecular weight is 432 g/mol. The first-order chi connectivity index (χ1) is 16.2. The smallest absolute Gasteiger partial charge is 0.294 e. The third-order valence-electron chi connectivity index (χ3n) is 5.06. The average Bonchev–Trinajstić information content (AvgIpc) is 3.26. The van der Waals surface area contributed by atoms with Gasteiger partial charge in [0.15, 0.2) is 0 Å². The van der Waals surface area contributed by atoms with E-state index < -0.39 is 11.5 Å². The van der Waals surface area contributed by atoms with Gasteiger partial charge in [0.1, 0.15) is 11.6 Å². The van der Waals surface area contributed by atoms with Crippen LogP contribution in [-0.2, 0) is 0 Å². The van der Waals surface area contributed by atoms with Crippen molar-refractivity contribution in [1.29, 1.82) is 5.26 Å². The second-order valence-electron chi connectivity index (χ2n) is 7.14. The first kappa shape index (κ1) is 19.9. The monoisotopic (exact) mass is 432 g/mol. The van der Waals surface area contributed by atoms with Crippen LogP contribution in [0.4, 0.5) is 5.69 Å². The lowest BCUT2D eigenvalue weighted by atomic mass is 10.1. The molecule has 0 aliphatic carbocycles. The minimum Gasteiger partial charge on any atom is -0.319 e. The maximum Gasteiger partial charge on any atom is 0.294 e. The summed E-state index contributed by atoms with van der Waals surface area (Å²) in [5, 5.41) is 16.9. The summed E-state index contributed by atoms with van der Waals surface area (Å²) in [6.07, 6.45) is 0. The minimum absolute atomic E-state index is 0.127. The van der Waals surface area contributed by atoms with Crippen molar-refractivity contribution in [3.05, 3.63) is 113 Å². The molecule has 0 saturated carbocycles. The Morgan fingerprint density at radius 3 is 2.12 bits per heavy atom. The lowest BCUT2D eigenvalue weighted by molar-refractivity contribution is 0.101. The van der Waals surface area contributed by atoms with E-state index in [1.54, 1.807) is 60.7 Å². The SMILES string of the molecule is N#Cc1c(-c2ccccc2)nc2n(-c3ccccc3)nc(C(=O)Nc3ccccc3)n2c1=O. The summed E-state index contributed by atoms with van der Waals surface area (Å²) in [6, 6.07) is 28.8. The Bertz CT molecular complexity index is 1570. The first-order valence-corrected chi connectivity index (χ1v) is 10.1. The summed E-state index contributed by atoms with van der Waals surface area (Å²) < 4.78 is 2.51. The molecule has 0 bridgehead atoms. The molecule has 0 radical (unpaired) electrons. The van der Waals surface area contributed by atoms with Gasteiger partial charge in [0.2, 0.25) is 11.6 Å². The molecule has 0 fully saturated rings. The van der Waals surface area contributed by atoms with E-state index in [1.165, 1.54) is 4.68 Å². The van der Waals surface area contributed by atoms with E-state index in [-0.39, 0.29) is 22.9 Å². The lowest BCUT2D eigenvalue weighted by Crippen LogP contribution is -2.25. The number of rotatable bonds is 4. The third kappa shape index (κ3) is 3.54. The molecule has 8 nitrogen and oxygen atoms in total. The molecule has 0 aliphatic heterocycles. The van der Waals surface area contributed by atoms with Gasteiger partial charge in [0.25, 0.3) is 11.5 Å². The van der Waals surface area contributed by atoms with E-state index in [9.17, 15) is 14.9 Å². The number of fused-ring (bicyclic) bond motifs is 1. The Morgan fingerprint density at radius 1 is 0.879 bits per heavy atom. The van der Waals surface area contributed by atoms with E-state index >= 15 is 0 Å². The van der Waals surface area contributed by atoms with Gasteiger partial charge in [-0.2, -0.15) is 9.94 Å². The summed E-state index contributed by atoms with van der Waals surface area (Å²) >= 11 is 0. The number of carbonyl (C=O) groups is 1. The molecule has 33 heavy (non-hydrogen) atoms. The fourth-order valence-electron chi connectivity index (χ4n) is 3.53. The number of amides is 1. The Morgan fingerprint density at radius 2 is 1.48 bits per heavy atom. The summed E-state index contributed by atoms with van der Waals surface area (Å²) in [7, 11) is 0. The van der Waals surface area contributed by atoms with Gasteiger partial charge in [0, 0.05) is 11.3 Å². The van der Waals surface area contributed by atoms with Crippen LogP contribution in [-0.4, -0.2) is 25.1 Å². The molecule has 8 heteroatoms. The van der Waals surface area contributed by atoms with Gasteiger partial charge in [-0.1, -0.05) is 66.7 Å². The standard InChI is InChI=1S/C25H16N6O2/c26-16-20-21(17-10-4-1-5-11-17)28-25-30(24(20)33)22(23(32)27-18-12-6-2-7-13-18)29-31(25)19-14-8-3-9-15-19/h1-15H,(H,27,32). The van der Waals surface area contributed by atoms with Crippen molar-refractivity contribution in [2.75, 3.05) is 5.32 Å². The summed E-state index contributed by atoms with van der Waals surface area (Å²) in [5.41, 5.74) is 1.18. The van der Waals surface area contributed by atoms with Crippen LogP contribution in [0.1, 0.15) is 16.2 Å². The number of para-hydroxylation sites is 2. The van der Waals surface area contributed by atoms with Crippen LogP contribution in [0.2, 0.25) is 0 Å². The number of aromatic nitrogens is 4. The van der Waals surface area contributed by atoms with Gasteiger partial charge >= 0.3 is 0 Å². The summed E-state index contributed by atoms with van der Waals surface area (Å²) in [5.74, 6) is -0.644. The molecule has 5 rings (SSSR count). The van der Waals surface area contributed by atoms with Gasteiger partial charge in [-0.25, -0.2) is 9.38 Å². The van der Waals surface area contributed by atoms with Crippen molar-refractivity contribution < 1.29 is 4.79 Å². The predicted molar refractivity (Wildman–Crippen MR) is 123 cm³/mol. The van der Waals surface area contributed by atoms with Crippen molar-refractivity contribution >= 4 is 17.4 Å². The molecule has 2 aromatic heterocycles. The van der Waals surface area contributed by atoms with Crippen molar-refractivity contribution in [3.63, 3.8) is 0 Å². The van der Waals surface area contributed by atoms with Crippen LogP contribution in [0.15, 0.2) is 95.8 Å². The van der Waals surface area contributed by atoms with Crippen molar-refractivity contribution in [2.24, 2.45) is 0 Å². The molecule has 3 aromatic carbocycles. The highest BCUT2D eigenvalue weighted by Crippen LogP contribution is 2.22. The van der Waals surface area contributed by atoms with Crippen LogP contribution in [0.5, 0.6) is 0 Å². The Kier molecular flexibility index (Phi) is 4.97. The summed E-state index contributed by atoms with van der Waals surface area (Å²) in [4.78, 5) is 31.2. The van der Waals surface area contributed by atoms with Gasteiger partial charge in [-0.15, -0.1) is 5.10 Å². The number of anilines is 1. The topological polar surface area (TPSA) is 105 Å². The third-order valence-corrected chi connectivity index (χ3v) is 5.06.